The van der Waals surface area contributed by atoms with E-state index in [9.17, 15) is 9.59 Å². The third-order valence-corrected chi connectivity index (χ3v) is 5.94. The fourth-order valence-corrected chi connectivity index (χ4v) is 4.48. The molecule has 2 aliphatic rings. The molecule has 4 rings (SSSR count). The standard InChI is InChI=1S/C25H30N2O6/c1-24(2)32-21-20(15-27-23(29)18-11-7-8-12-19(18)30-3)31-16-25(21,33-24)13-14-26-22(28)17-9-5-4-6-10-17/h4-12,20-21H,13-16H2,1-3H3,(H,26,28)(H,27,29)/t20-,21-,25+/m1/s1. The van der Waals surface area contributed by atoms with E-state index in [0.717, 1.165) is 0 Å². The van der Waals surface area contributed by atoms with Gasteiger partial charge in [-0.1, -0.05) is 30.3 Å². The van der Waals surface area contributed by atoms with E-state index in [-0.39, 0.29) is 30.6 Å². The molecule has 0 bridgehead atoms. The molecule has 0 aromatic heterocycles. The predicted octanol–water partition coefficient (Wildman–Crippen LogP) is 2.53. The second-order valence-corrected chi connectivity index (χ2v) is 8.74. The zero-order chi connectivity index (χ0) is 23.5. The first-order valence-electron chi connectivity index (χ1n) is 11.1. The van der Waals surface area contributed by atoms with Gasteiger partial charge in [0.1, 0.15) is 23.6 Å². The van der Waals surface area contributed by atoms with Gasteiger partial charge in [-0.3, -0.25) is 9.59 Å². The summed E-state index contributed by atoms with van der Waals surface area (Å²) in [6.45, 7) is 4.71. The Morgan fingerprint density at radius 3 is 2.52 bits per heavy atom. The molecule has 2 fully saturated rings. The van der Waals surface area contributed by atoms with Gasteiger partial charge in [0.25, 0.3) is 11.8 Å². The van der Waals surface area contributed by atoms with Crippen molar-refractivity contribution in [3.8, 4) is 5.75 Å². The van der Waals surface area contributed by atoms with Gasteiger partial charge in [-0.25, -0.2) is 0 Å². The molecule has 0 saturated carbocycles. The monoisotopic (exact) mass is 454 g/mol. The predicted molar refractivity (Wildman–Crippen MR) is 121 cm³/mol. The summed E-state index contributed by atoms with van der Waals surface area (Å²) in [4.78, 5) is 25.1. The topological polar surface area (TPSA) is 95.1 Å². The van der Waals surface area contributed by atoms with Gasteiger partial charge in [-0.05, 0) is 44.5 Å². The molecule has 2 aromatic carbocycles. The number of carbonyl (C=O) groups excluding carboxylic acids is 2. The van der Waals surface area contributed by atoms with Crippen molar-refractivity contribution in [3.63, 3.8) is 0 Å². The smallest absolute Gasteiger partial charge is 0.255 e. The highest BCUT2D eigenvalue weighted by Gasteiger charge is 2.60. The van der Waals surface area contributed by atoms with Crippen molar-refractivity contribution in [2.45, 2.75) is 43.9 Å². The van der Waals surface area contributed by atoms with Gasteiger partial charge < -0.3 is 29.6 Å². The van der Waals surface area contributed by atoms with Gasteiger partial charge in [-0.2, -0.15) is 0 Å². The van der Waals surface area contributed by atoms with Gasteiger partial charge >= 0.3 is 0 Å². The normalized spacial score (nSPS) is 25.3. The summed E-state index contributed by atoms with van der Waals surface area (Å²) in [7, 11) is 1.53. The molecule has 0 unspecified atom stereocenters. The number of hydrogen-bond acceptors (Lipinski definition) is 6. The molecule has 2 heterocycles. The molecule has 0 spiro atoms. The number of hydrogen-bond donors (Lipinski definition) is 2. The number of methoxy groups -OCH3 is 1. The van der Waals surface area contributed by atoms with E-state index in [2.05, 4.69) is 10.6 Å². The maximum atomic E-state index is 12.7. The van der Waals surface area contributed by atoms with Gasteiger partial charge in [0.05, 0.1) is 19.3 Å². The molecule has 33 heavy (non-hydrogen) atoms. The molecule has 2 aliphatic heterocycles. The molecule has 0 aliphatic carbocycles. The lowest BCUT2D eigenvalue weighted by atomic mass is 9.92. The molecular formula is C25H30N2O6. The quantitative estimate of drug-likeness (QED) is 0.637. The summed E-state index contributed by atoms with van der Waals surface area (Å²) in [6, 6.07) is 16.1. The molecule has 2 saturated heterocycles. The highest BCUT2D eigenvalue weighted by Crippen LogP contribution is 2.45. The Bertz CT molecular complexity index is 995. The van der Waals surface area contributed by atoms with Crippen LogP contribution in [0.1, 0.15) is 41.0 Å². The van der Waals surface area contributed by atoms with E-state index in [1.165, 1.54) is 7.11 Å². The van der Waals surface area contributed by atoms with Gasteiger partial charge in [0.2, 0.25) is 0 Å². The van der Waals surface area contributed by atoms with Crippen LogP contribution in [0.15, 0.2) is 54.6 Å². The van der Waals surface area contributed by atoms with Crippen LogP contribution in [-0.2, 0) is 14.2 Å². The number of benzene rings is 2. The molecule has 2 N–H and O–H groups in total. The van der Waals surface area contributed by atoms with Crippen molar-refractivity contribution in [1.82, 2.24) is 10.6 Å². The summed E-state index contributed by atoms with van der Waals surface area (Å²) in [5.41, 5.74) is 0.361. The first-order valence-corrected chi connectivity index (χ1v) is 11.1. The Hall–Kier alpha value is -2.94. The summed E-state index contributed by atoms with van der Waals surface area (Å²) < 4.78 is 23.7. The maximum Gasteiger partial charge on any atom is 0.255 e. The number of rotatable bonds is 8. The van der Waals surface area contributed by atoms with Crippen molar-refractivity contribution in [3.05, 3.63) is 65.7 Å². The Balaban J connectivity index is 1.37. The third-order valence-electron chi connectivity index (χ3n) is 5.94. The first-order chi connectivity index (χ1) is 15.8. The van der Waals surface area contributed by atoms with Crippen LogP contribution < -0.4 is 15.4 Å². The highest BCUT2D eigenvalue weighted by atomic mass is 16.8. The number of carbonyl (C=O) groups is 2. The van der Waals surface area contributed by atoms with Gasteiger partial charge in [0.15, 0.2) is 5.79 Å². The third kappa shape index (κ3) is 5.03. The minimum atomic E-state index is -0.789. The number of para-hydroxylation sites is 1. The lowest BCUT2D eigenvalue weighted by Crippen LogP contribution is -2.46. The SMILES string of the molecule is COc1ccccc1C(=O)NC[C@H]1OC[C@]2(CCNC(=O)c3ccccc3)OC(C)(C)O[C@H]12. The summed E-state index contributed by atoms with van der Waals surface area (Å²) in [6.07, 6.45) is -0.231. The Morgan fingerprint density at radius 2 is 1.76 bits per heavy atom. The van der Waals surface area contributed by atoms with Crippen molar-refractivity contribution >= 4 is 11.8 Å². The van der Waals surface area contributed by atoms with Crippen LogP contribution in [0, 0.1) is 0 Å². The molecule has 2 aromatic rings. The van der Waals surface area contributed by atoms with Gasteiger partial charge in [0, 0.05) is 18.7 Å². The molecule has 0 radical (unpaired) electrons. The average Bonchev–Trinajstić information content (AvgIpc) is 3.27. The molecule has 3 atom stereocenters. The minimum Gasteiger partial charge on any atom is -0.496 e. The first kappa shape index (κ1) is 23.2. The van der Waals surface area contributed by atoms with Crippen LogP contribution in [0.25, 0.3) is 0 Å². The summed E-state index contributed by atoms with van der Waals surface area (Å²) >= 11 is 0. The van der Waals surface area contributed by atoms with E-state index in [0.29, 0.717) is 36.4 Å². The van der Waals surface area contributed by atoms with Crippen LogP contribution in [0.5, 0.6) is 5.75 Å². The molecule has 2 amide bonds. The fraction of sp³-hybridized carbons (Fsp3) is 0.440. The molecule has 8 heteroatoms. The Labute approximate surface area is 193 Å². The van der Waals surface area contributed by atoms with Crippen molar-refractivity contribution in [1.29, 1.82) is 0 Å². The molecule has 8 nitrogen and oxygen atoms in total. The zero-order valence-electron chi connectivity index (χ0n) is 19.1. The number of amides is 2. The fourth-order valence-electron chi connectivity index (χ4n) is 4.48. The van der Waals surface area contributed by atoms with E-state index in [4.69, 9.17) is 18.9 Å². The zero-order valence-corrected chi connectivity index (χ0v) is 19.1. The van der Waals surface area contributed by atoms with Crippen LogP contribution in [0.4, 0.5) is 0 Å². The number of nitrogens with one attached hydrogen (secondary N) is 2. The van der Waals surface area contributed by atoms with Crippen LogP contribution in [0.2, 0.25) is 0 Å². The van der Waals surface area contributed by atoms with E-state index >= 15 is 0 Å². The van der Waals surface area contributed by atoms with Crippen molar-refractivity contribution in [2.24, 2.45) is 0 Å². The van der Waals surface area contributed by atoms with E-state index < -0.39 is 11.4 Å². The van der Waals surface area contributed by atoms with E-state index in [1.54, 1.807) is 30.3 Å². The van der Waals surface area contributed by atoms with E-state index in [1.807, 2.05) is 38.1 Å². The maximum absolute atomic E-state index is 12.7. The van der Waals surface area contributed by atoms with Gasteiger partial charge in [-0.15, -0.1) is 0 Å². The second kappa shape index (κ2) is 9.51. The molecular weight excluding hydrogens is 424 g/mol. The average molecular weight is 455 g/mol. The van der Waals surface area contributed by atoms with Crippen LogP contribution in [-0.4, -0.2) is 62.2 Å². The summed E-state index contributed by atoms with van der Waals surface area (Å²) in [5, 5.41) is 5.87. The number of ether oxygens (including phenoxy) is 4. The molecule has 176 valence electrons. The Kier molecular flexibility index (Phi) is 6.69. The lowest BCUT2D eigenvalue weighted by molar-refractivity contribution is -0.190. The highest BCUT2D eigenvalue weighted by molar-refractivity contribution is 5.97. The second-order valence-electron chi connectivity index (χ2n) is 8.74. The van der Waals surface area contributed by atoms with Crippen LogP contribution in [0.3, 0.4) is 0 Å². The largest absolute Gasteiger partial charge is 0.496 e. The van der Waals surface area contributed by atoms with Crippen molar-refractivity contribution < 1.29 is 28.5 Å². The van der Waals surface area contributed by atoms with Crippen LogP contribution >= 0.6 is 0 Å². The summed E-state index contributed by atoms with van der Waals surface area (Å²) in [5.74, 6) is -0.668. The van der Waals surface area contributed by atoms with Crippen molar-refractivity contribution in [2.75, 3.05) is 26.8 Å². The Morgan fingerprint density at radius 1 is 1.03 bits per heavy atom. The minimum absolute atomic E-state index is 0.138. The number of fused-ring (bicyclic) bond motifs is 1. The lowest BCUT2D eigenvalue weighted by Gasteiger charge is -2.27.